The Morgan fingerprint density at radius 2 is 0.857 bits per heavy atom. The number of nitrogens with zero attached hydrogens (tertiary/aromatic N) is 17. The first-order valence-corrected chi connectivity index (χ1v) is 48.7. The number of aliphatic hydroxyl groups is 1. The van der Waals surface area contributed by atoms with Crippen LogP contribution < -0.4 is 76.1 Å². The average Bonchev–Trinajstić information content (AvgIpc) is 1.02. The highest BCUT2D eigenvalue weighted by Crippen LogP contribution is 2.43. The molecule has 13 aromatic heterocycles. The molecule has 746 valence electrons. The maximum absolute atomic E-state index is 13.0. The lowest BCUT2D eigenvalue weighted by Gasteiger charge is -2.25. The predicted octanol–water partition coefficient (Wildman–Crippen LogP) is 15.0. The number of nitrogens with one attached hydrogen (secondary N) is 6. The molecule has 15 heterocycles. The van der Waals surface area contributed by atoms with Crippen LogP contribution in [0, 0.1) is 59.7 Å². The number of hydrogen-bond donors (Lipinski definition) is 13. The number of carbonyl (C=O) groups is 8. The van der Waals surface area contributed by atoms with Crippen molar-refractivity contribution < 1.29 is 52.2 Å². The summed E-state index contributed by atoms with van der Waals surface area (Å²) in [7, 11) is 1.85. The van der Waals surface area contributed by atoms with Gasteiger partial charge in [0.1, 0.15) is 93.8 Å². The van der Waals surface area contributed by atoms with E-state index in [2.05, 4.69) is 115 Å². The molecular formula is C107H105F2N29O9. The van der Waals surface area contributed by atoms with E-state index < -0.39 is 24.2 Å². The van der Waals surface area contributed by atoms with Gasteiger partial charge in [0.15, 0.2) is 5.78 Å². The lowest BCUT2D eigenvalue weighted by molar-refractivity contribution is -0.118. The van der Waals surface area contributed by atoms with Gasteiger partial charge in [0, 0.05) is 155 Å². The number of halogens is 2. The molecule has 2 aromatic carbocycles. The molecule has 40 heteroatoms. The molecule has 7 atom stereocenters. The van der Waals surface area contributed by atoms with Crippen molar-refractivity contribution in [2.24, 2.45) is 48.5 Å². The third kappa shape index (κ3) is 22.9. The van der Waals surface area contributed by atoms with E-state index in [1.807, 2.05) is 123 Å². The Morgan fingerprint density at radius 3 is 1.27 bits per heavy atom. The maximum Gasteiger partial charge on any atom is 0.231 e. The summed E-state index contributed by atoms with van der Waals surface area (Å²) < 4.78 is 27.8. The average molecular weight is 1980 g/mol. The van der Waals surface area contributed by atoms with Crippen molar-refractivity contribution in [1.29, 1.82) is 5.26 Å². The summed E-state index contributed by atoms with van der Waals surface area (Å²) in [5.41, 5.74) is 44.1. The van der Waals surface area contributed by atoms with Crippen LogP contribution in [-0.4, -0.2) is 153 Å². The van der Waals surface area contributed by atoms with Crippen molar-refractivity contribution in [3.05, 3.63) is 206 Å². The van der Waals surface area contributed by atoms with Crippen molar-refractivity contribution in [3.63, 3.8) is 0 Å². The Bertz CT molecular complexity index is 7920. The number of aromatic nitrogens is 14. The molecule has 7 aliphatic carbocycles. The Hall–Kier alpha value is -17.6. The predicted molar refractivity (Wildman–Crippen MR) is 560 cm³/mol. The molecule has 1 unspecified atom stereocenters. The second-order valence-electron chi connectivity index (χ2n) is 37.8. The number of ketones is 1. The Balaban J connectivity index is 0.000000111. The molecule has 0 radical (unpaired) electrons. The van der Waals surface area contributed by atoms with Crippen LogP contribution in [0.25, 0.3) is 104 Å². The van der Waals surface area contributed by atoms with E-state index in [1.165, 1.54) is 12.6 Å². The van der Waals surface area contributed by atoms with Gasteiger partial charge in [-0.05, 0) is 213 Å². The number of Topliss-reactive ketones (excluding diaryl/α,β-unsaturated/α-hetero) is 1. The zero-order valence-corrected chi connectivity index (χ0v) is 80.4. The molecule has 6 saturated carbocycles. The standard InChI is InChI=1S/C20H17N5O.C19H17FN4O2.C18H22FN5O.C18H16N4O2.C16H16N6O.C16H17N5O2/c1-11-4-2-3-5-14(11)17-7-12-8-18(23-10-16(12)19(22)24-17)25-20(26)15-6-13(15)9-21;20-15-7-13(15)19(26)24-17-6-11-5-16(23-18(21)14(11)8-22-17)12-4-2-1-3-10(12)9-25;1-2-11-4-3-5-24(11)16-7-10-6-15(21-9-13(10)17(20)23-16)22-18(25)12-8-14(12)19;19-17-13-9-20-16(22-18(24)10-5-6-10)8-11(13)7-14(21-17)12-3-1-2-4-15(12)23;1-22-8-11(6-19-22)13-4-10-5-14(21-16(23)9-2-3-9)18-7-12(10)15(17)20-13;17-15-11-8-18-12(19-16(23)9-3-4-9)6-10(11)7-13(20-15)21-5-1-2-14(21)22/h2-5,7-8,10,13,15H,6H2,1H3,(H2,22,24)(H,23,25,26);1-6,8,13,15,25H,7,9H2,(H2,21,23)(H,22,24,26);6-7,9,11-12,14H,2-5,8H2,1H3,(H2,20,23)(H,21,22,25);1-3,7-10H,4-6H2,(H2,19,21)(H,20,22,24);4-9H,2-3H2,1H3,(H2,17,20)(H,18,21,23);6-9H,1-5H2,(H2,17,20)(H,18,19,23)/t2*13-,15+;11?,12-,14+;;;/m011.../s1. The number of alkyl halides is 2. The van der Waals surface area contributed by atoms with Gasteiger partial charge in [0.2, 0.25) is 41.4 Å². The summed E-state index contributed by atoms with van der Waals surface area (Å²) in [6, 6.07) is 39.9. The summed E-state index contributed by atoms with van der Waals surface area (Å²) in [4.78, 5) is 151. The van der Waals surface area contributed by atoms with Crippen LogP contribution in [0.4, 0.5) is 90.2 Å². The summed E-state index contributed by atoms with van der Waals surface area (Å²) >= 11 is 0. The Kier molecular flexibility index (Phi) is 28.1. The minimum atomic E-state index is -1.06. The number of pyridine rings is 12. The van der Waals surface area contributed by atoms with E-state index >= 15 is 0 Å². The molecule has 0 bridgehead atoms. The summed E-state index contributed by atoms with van der Waals surface area (Å²) in [5.74, 6) is 4.48. The number of allylic oxidation sites excluding steroid dienone is 4. The lowest BCUT2D eigenvalue weighted by atomic mass is 9.99. The van der Waals surface area contributed by atoms with Crippen molar-refractivity contribution in [3.8, 4) is 39.8 Å². The number of hydrogen-bond acceptors (Lipinski definition) is 30. The van der Waals surface area contributed by atoms with Crippen LogP contribution in [0.5, 0.6) is 0 Å². The highest BCUT2D eigenvalue weighted by molar-refractivity contribution is 6.22. The Morgan fingerprint density at radius 1 is 0.463 bits per heavy atom. The number of anilines is 14. The normalized spacial score (nSPS) is 18.6. The van der Waals surface area contributed by atoms with E-state index in [0.717, 1.165) is 158 Å². The molecule has 2 aliphatic heterocycles. The molecule has 38 nitrogen and oxygen atoms in total. The van der Waals surface area contributed by atoms with Gasteiger partial charge < -0.3 is 76.3 Å². The SMILES string of the molecule is CCC1CCCN1c1cc2cc(NC(=O)[C@@H]3C[C@@H]3F)ncc2c(N)n1.Cc1ccccc1-c1cc2cc(NC(=O)[C@@H]3C[C@H]3C#N)ncc2c(N)n1.Cn1cc(-c2cc3cc(NC(=O)C4CC4)ncc3c(N)n2)cn1.Nc1nc(-c2ccccc2CO)cc2cc(NC(=O)[C@@H]3C[C@@H]3F)ncc12.Nc1nc(C2=CC=CCC2=O)cc2cc(NC(=O)C3CC3)ncc12.Nc1nc(N2CCCC2=O)cc2cc(NC(=O)C3CC3)ncc12. The zero-order valence-electron chi connectivity index (χ0n) is 80.4. The number of benzene rings is 2. The molecule has 8 fully saturated rings. The van der Waals surface area contributed by atoms with E-state index in [1.54, 1.807) is 83.2 Å². The van der Waals surface area contributed by atoms with Gasteiger partial charge in [0.05, 0.1) is 65.3 Å². The van der Waals surface area contributed by atoms with Gasteiger partial charge in [-0.3, -0.25) is 47.9 Å². The van der Waals surface area contributed by atoms with Gasteiger partial charge in [0.25, 0.3) is 0 Å². The second-order valence-corrected chi connectivity index (χ2v) is 37.8. The van der Waals surface area contributed by atoms with Gasteiger partial charge in [-0.2, -0.15) is 10.4 Å². The minimum Gasteiger partial charge on any atom is -0.392 e. The van der Waals surface area contributed by atoms with Crippen LogP contribution >= 0.6 is 0 Å². The molecule has 9 aliphatic rings. The molecule has 19 N–H and O–H groups in total. The summed E-state index contributed by atoms with van der Waals surface area (Å²) in [5, 5.41) is 48.5. The molecule has 147 heavy (non-hydrogen) atoms. The van der Waals surface area contributed by atoms with E-state index in [4.69, 9.17) is 39.7 Å². The molecule has 2 saturated heterocycles. The number of rotatable bonds is 20. The van der Waals surface area contributed by atoms with Crippen molar-refractivity contribution in [2.45, 2.75) is 135 Å². The number of amides is 7. The smallest absolute Gasteiger partial charge is 0.231 e. The van der Waals surface area contributed by atoms with Crippen LogP contribution in [-0.2, 0) is 52.0 Å². The second kappa shape index (κ2) is 42.1. The first kappa shape index (κ1) is 98.2. The van der Waals surface area contributed by atoms with Gasteiger partial charge in [-0.15, -0.1) is 0 Å². The van der Waals surface area contributed by atoms with E-state index in [-0.39, 0.29) is 89.8 Å². The lowest BCUT2D eigenvalue weighted by Crippen LogP contribution is -2.29. The van der Waals surface area contributed by atoms with Gasteiger partial charge in [-0.1, -0.05) is 67.6 Å². The van der Waals surface area contributed by atoms with Crippen LogP contribution in [0.15, 0.2) is 189 Å². The topological polar surface area (TPSA) is 588 Å². The Labute approximate surface area is 840 Å². The third-order valence-electron chi connectivity index (χ3n) is 26.8. The fraction of sp³-hybridized carbons (Fsp3) is 0.290. The van der Waals surface area contributed by atoms with Gasteiger partial charge in [-0.25, -0.2) is 68.6 Å². The maximum atomic E-state index is 13.0. The highest BCUT2D eigenvalue weighted by atomic mass is 19.1. The fourth-order valence-electron chi connectivity index (χ4n) is 17.7. The zero-order chi connectivity index (χ0) is 103. The monoisotopic (exact) mass is 1980 g/mol. The number of carbonyl (C=O) groups excluding carboxylic acids is 8. The van der Waals surface area contributed by atoms with Crippen molar-refractivity contribution in [1.82, 2.24) is 69.6 Å². The van der Waals surface area contributed by atoms with Crippen LogP contribution in [0.1, 0.15) is 120 Å². The number of fused-ring (bicyclic) bond motifs is 6. The number of aliphatic hydroxyl groups excluding tert-OH is 1. The molecule has 24 rings (SSSR count). The van der Waals surface area contributed by atoms with E-state index in [9.17, 15) is 52.2 Å². The molecule has 15 aromatic rings. The van der Waals surface area contributed by atoms with Crippen LogP contribution in [0.2, 0.25) is 0 Å². The first-order chi connectivity index (χ1) is 71.0. The third-order valence-corrected chi connectivity index (χ3v) is 26.8. The molecule has 7 amide bonds. The fourth-order valence-corrected chi connectivity index (χ4v) is 17.7. The summed E-state index contributed by atoms with van der Waals surface area (Å²) in [6.45, 7) is 5.73. The van der Waals surface area contributed by atoms with Gasteiger partial charge >= 0.3 is 0 Å². The first-order valence-electron chi connectivity index (χ1n) is 48.7. The largest absolute Gasteiger partial charge is 0.392 e. The quantitative estimate of drug-likeness (QED) is 0.0337. The van der Waals surface area contributed by atoms with Crippen molar-refractivity contribution >= 4 is 199 Å². The summed E-state index contributed by atoms with van der Waals surface area (Å²) in [6.07, 6.45) is 28.5. The number of nitrogen functional groups attached to an aromatic ring is 6. The van der Waals surface area contributed by atoms with E-state index in [0.29, 0.717) is 147 Å². The molecular weight excluding hydrogens is 1870 g/mol. The van der Waals surface area contributed by atoms with Crippen molar-refractivity contribution in [2.75, 3.05) is 89.2 Å². The minimum absolute atomic E-state index is 0.000551. The number of aryl methyl sites for hydroxylation is 2. The number of nitrogens with two attached hydrogens (primary N) is 6. The number of nitriles is 1. The molecule has 0 spiro atoms. The van der Waals surface area contributed by atoms with Crippen LogP contribution in [0.3, 0.4) is 0 Å². The highest BCUT2D eigenvalue weighted by Gasteiger charge is 2.46.